The Morgan fingerprint density at radius 2 is 2.15 bits per heavy atom. The molecule has 3 rings (SSSR count). The Morgan fingerprint density at radius 3 is 2.90 bits per heavy atom. The molecule has 7 nitrogen and oxygen atoms in total. The summed E-state index contributed by atoms with van der Waals surface area (Å²) in [6, 6.07) is 3.69. The summed E-state index contributed by atoms with van der Waals surface area (Å²) < 4.78 is 5.46. The molecule has 1 aliphatic heterocycles. The molecule has 0 saturated carbocycles. The topological polar surface area (TPSA) is 94.2 Å². The second kappa shape index (κ2) is 4.76. The predicted molar refractivity (Wildman–Crippen MR) is 72.6 cm³/mol. The van der Waals surface area contributed by atoms with Crippen molar-refractivity contribution < 1.29 is 9.53 Å². The largest absolute Gasteiger partial charge is 0.475 e. The number of carbonyl (C=O) groups excluding carboxylic acids is 1. The molecular weight excluding hydrogens is 258 g/mol. The van der Waals surface area contributed by atoms with E-state index in [2.05, 4.69) is 15.0 Å². The van der Waals surface area contributed by atoms with E-state index in [1.807, 2.05) is 19.1 Å². The number of rotatable bonds is 1. The number of amides is 1. The number of anilines is 2. The number of fused-ring (bicyclic) bond motifs is 1. The summed E-state index contributed by atoms with van der Waals surface area (Å²) in [5.74, 6) is 0.0679. The first-order valence-corrected chi connectivity index (χ1v) is 6.14. The van der Waals surface area contributed by atoms with E-state index in [1.54, 1.807) is 11.1 Å². The fourth-order valence-electron chi connectivity index (χ4n) is 2.03. The lowest BCUT2D eigenvalue weighted by atomic mass is 10.2. The quantitative estimate of drug-likeness (QED) is 0.824. The summed E-state index contributed by atoms with van der Waals surface area (Å²) in [4.78, 5) is 26.2. The Kier molecular flexibility index (Phi) is 2.94. The van der Waals surface area contributed by atoms with Gasteiger partial charge in [0.1, 0.15) is 24.3 Å². The second-order valence-corrected chi connectivity index (χ2v) is 4.40. The standard InChI is InChI=1S/C13H13N5O2/c1-8-2-3-9(6-15-8)18-4-5-20-12-10(13(18)19)11(14)16-7-17-12/h2-3,6-7H,4-5H2,1H3,(H2,14,16,17). The first-order valence-electron chi connectivity index (χ1n) is 6.14. The van der Waals surface area contributed by atoms with E-state index in [4.69, 9.17) is 10.5 Å². The van der Waals surface area contributed by atoms with Gasteiger partial charge in [-0.05, 0) is 19.1 Å². The summed E-state index contributed by atoms with van der Waals surface area (Å²) in [7, 11) is 0. The van der Waals surface area contributed by atoms with Gasteiger partial charge in [-0.25, -0.2) is 9.97 Å². The van der Waals surface area contributed by atoms with Crippen molar-refractivity contribution in [1.29, 1.82) is 0 Å². The van der Waals surface area contributed by atoms with Crippen molar-refractivity contribution in [3.63, 3.8) is 0 Å². The zero-order chi connectivity index (χ0) is 14.1. The van der Waals surface area contributed by atoms with Crippen LogP contribution >= 0.6 is 0 Å². The van der Waals surface area contributed by atoms with Gasteiger partial charge in [-0.3, -0.25) is 9.78 Å². The third-order valence-corrected chi connectivity index (χ3v) is 3.06. The van der Waals surface area contributed by atoms with Gasteiger partial charge in [0.05, 0.1) is 18.4 Å². The van der Waals surface area contributed by atoms with Gasteiger partial charge in [-0.1, -0.05) is 0 Å². The van der Waals surface area contributed by atoms with Crippen molar-refractivity contribution in [1.82, 2.24) is 15.0 Å². The van der Waals surface area contributed by atoms with Gasteiger partial charge >= 0.3 is 0 Å². The average molecular weight is 271 g/mol. The molecule has 0 unspecified atom stereocenters. The molecule has 2 aromatic heterocycles. The molecule has 0 bridgehead atoms. The van der Waals surface area contributed by atoms with Crippen LogP contribution in [0.4, 0.5) is 11.5 Å². The molecule has 0 radical (unpaired) electrons. The lowest BCUT2D eigenvalue weighted by Crippen LogP contribution is -2.32. The lowest BCUT2D eigenvalue weighted by Gasteiger charge is -2.19. The number of aromatic nitrogens is 3. The van der Waals surface area contributed by atoms with Gasteiger partial charge in [-0.15, -0.1) is 0 Å². The minimum absolute atomic E-state index is 0.118. The molecule has 0 aliphatic carbocycles. The number of hydrogen-bond donors (Lipinski definition) is 1. The molecule has 102 valence electrons. The molecule has 0 spiro atoms. The highest BCUT2D eigenvalue weighted by molar-refractivity contribution is 6.10. The maximum Gasteiger partial charge on any atom is 0.267 e. The van der Waals surface area contributed by atoms with Crippen molar-refractivity contribution in [2.45, 2.75) is 6.92 Å². The van der Waals surface area contributed by atoms with Crippen LogP contribution in [0.25, 0.3) is 0 Å². The Morgan fingerprint density at radius 1 is 1.30 bits per heavy atom. The number of nitrogens with zero attached hydrogens (tertiary/aromatic N) is 4. The number of nitrogen functional groups attached to an aromatic ring is 1. The van der Waals surface area contributed by atoms with Crippen LogP contribution in [0.2, 0.25) is 0 Å². The molecule has 20 heavy (non-hydrogen) atoms. The van der Waals surface area contributed by atoms with Crippen LogP contribution in [0.1, 0.15) is 16.1 Å². The molecule has 7 heteroatoms. The number of pyridine rings is 1. The van der Waals surface area contributed by atoms with Crippen LogP contribution in [0.15, 0.2) is 24.7 Å². The van der Waals surface area contributed by atoms with E-state index >= 15 is 0 Å². The van der Waals surface area contributed by atoms with Crippen LogP contribution in [0.3, 0.4) is 0 Å². The average Bonchev–Trinajstić information content (AvgIpc) is 2.60. The van der Waals surface area contributed by atoms with E-state index < -0.39 is 0 Å². The van der Waals surface area contributed by atoms with Gasteiger partial charge < -0.3 is 15.4 Å². The third kappa shape index (κ3) is 2.03. The van der Waals surface area contributed by atoms with Gasteiger partial charge in [-0.2, -0.15) is 0 Å². The van der Waals surface area contributed by atoms with Crippen molar-refractivity contribution in [2.24, 2.45) is 0 Å². The molecule has 0 fully saturated rings. The number of aryl methyl sites for hydroxylation is 1. The zero-order valence-corrected chi connectivity index (χ0v) is 10.9. The Balaban J connectivity index is 2.04. The van der Waals surface area contributed by atoms with Gasteiger partial charge in [0.15, 0.2) is 0 Å². The van der Waals surface area contributed by atoms with Crippen molar-refractivity contribution in [3.05, 3.63) is 35.9 Å². The van der Waals surface area contributed by atoms with E-state index in [9.17, 15) is 4.79 Å². The van der Waals surface area contributed by atoms with Crippen molar-refractivity contribution in [3.8, 4) is 5.88 Å². The smallest absolute Gasteiger partial charge is 0.267 e. The summed E-state index contributed by atoms with van der Waals surface area (Å²) in [6.45, 7) is 2.63. The molecule has 0 saturated heterocycles. The minimum Gasteiger partial charge on any atom is -0.475 e. The maximum absolute atomic E-state index is 12.6. The van der Waals surface area contributed by atoms with Crippen molar-refractivity contribution in [2.75, 3.05) is 23.8 Å². The monoisotopic (exact) mass is 271 g/mol. The van der Waals surface area contributed by atoms with Crippen LogP contribution in [-0.4, -0.2) is 34.0 Å². The second-order valence-electron chi connectivity index (χ2n) is 4.40. The van der Waals surface area contributed by atoms with Gasteiger partial charge in [0, 0.05) is 5.69 Å². The zero-order valence-electron chi connectivity index (χ0n) is 10.9. The molecule has 1 amide bonds. The van der Waals surface area contributed by atoms with E-state index in [1.165, 1.54) is 6.33 Å². The highest BCUT2D eigenvalue weighted by atomic mass is 16.5. The first-order chi connectivity index (χ1) is 9.66. The number of hydrogen-bond acceptors (Lipinski definition) is 6. The SMILES string of the molecule is Cc1ccc(N2CCOc3ncnc(N)c3C2=O)cn1. The normalized spacial score (nSPS) is 14.4. The number of carbonyl (C=O) groups is 1. The summed E-state index contributed by atoms with van der Waals surface area (Å²) >= 11 is 0. The molecule has 2 N–H and O–H groups in total. The maximum atomic E-state index is 12.6. The van der Waals surface area contributed by atoms with Gasteiger partial charge in [0.25, 0.3) is 5.91 Å². The van der Waals surface area contributed by atoms with Gasteiger partial charge in [0.2, 0.25) is 5.88 Å². The van der Waals surface area contributed by atoms with Crippen LogP contribution in [0, 0.1) is 6.92 Å². The molecular formula is C13H13N5O2. The van der Waals surface area contributed by atoms with Crippen LogP contribution in [-0.2, 0) is 0 Å². The fourth-order valence-corrected chi connectivity index (χ4v) is 2.03. The van der Waals surface area contributed by atoms with Crippen LogP contribution in [0.5, 0.6) is 5.88 Å². The van der Waals surface area contributed by atoms with E-state index in [0.29, 0.717) is 18.8 Å². The summed E-state index contributed by atoms with van der Waals surface area (Å²) in [5, 5.41) is 0. The first kappa shape index (κ1) is 12.3. The van der Waals surface area contributed by atoms with Crippen molar-refractivity contribution >= 4 is 17.4 Å². The Hall–Kier alpha value is -2.70. The Bertz CT molecular complexity index is 656. The molecule has 0 atom stereocenters. The fraction of sp³-hybridized carbons (Fsp3) is 0.231. The number of ether oxygens (including phenoxy) is 1. The predicted octanol–water partition coefficient (Wildman–Crippen LogP) is 0.801. The highest BCUT2D eigenvalue weighted by Gasteiger charge is 2.28. The van der Waals surface area contributed by atoms with Crippen LogP contribution < -0.4 is 15.4 Å². The highest BCUT2D eigenvalue weighted by Crippen LogP contribution is 2.26. The van der Waals surface area contributed by atoms with E-state index in [0.717, 1.165) is 5.69 Å². The minimum atomic E-state index is -0.277. The molecule has 0 aromatic carbocycles. The third-order valence-electron chi connectivity index (χ3n) is 3.06. The lowest BCUT2D eigenvalue weighted by molar-refractivity contribution is 0.0990. The summed E-state index contributed by atoms with van der Waals surface area (Å²) in [5.41, 5.74) is 7.55. The Labute approximate surface area is 115 Å². The number of nitrogens with two attached hydrogens (primary N) is 1. The summed E-state index contributed by atoms with van der Waals surface area (Å²) in [6.07, 6.45) is 2.93. The molecule has 2 aromatic rings. The molecule has 3 heterocycles. The van der Waals surface area contributed by atoms with E-state index in [-0.39, 0.29) is 23.2 Å². The molecule has 1 aliphatic rings.